The zero-order chi connectivity index (χ0) is 14.8. The van der Waals surface area contributed by atoms with Gasteiger partial charge in [0.15, 0.2) is 5.69 Å². The van der Waals surface area contributed by atoms with Gasteiger partial charge in [-0.3, -0.25) is 4.68 Å². The van der Waals surface area contributed by atoms with Crippen molar-refractivity contribution in [1.29, 1.82) is 0 Å². The van der Waals surface area contributed by atoms with E-state index >= 15 is 0 Å². The molecule has 0 aliphatic heterocycles. The molecule has 0 aliphatic carbocycles. The Labute approximate surface area is 116 Å². The fourth-order valence-corrected chi connectivity index (χ4v) is 1.73. The summed E-state index contributed by atoms with van der Waals surface area (Å²) in [5, 5.41) is 16.3. The fourth-order valence-electron chi connectivity index (χ4n) is 1.73. The normalized spacial score (nSPS) is 11.3. The van der Waals surface area contributed by atoms with Crippen LogP contribution < -0.4 is 5.32 Å². The van der Waals surface area contributed by atoms with Crippen LogP contribution in [0, 0.1) is 0 Å². The summed E-state index contributed by atoms with van der Waals surface area (Å²) in [6, 6.07) is 3.31. The van der Waals surface area contributed by atoms with Crippen LogP contribution in [-0.2, 0) is 12.5 Å². The van der Waals surface area contributed by atoms with Crippen LogP contribution in [0.3, 0.4) is 0 Å². The van der Waals surface area contributed by atoms with Crippen molar-refractivity contribution in [3.63, 3.8) is 0 Å². The number of aromatic carboxylic acids is 1. The van der Waals surface area contributed by atoms with Crippen LogP contribution >= 0.6 is 0 Å². The Morgan fingerprint density at radius 3 is 2.80 bits per heavy atom. The van der Waals surface area contributed by atoms with Gasteiger partial charge >= 0.3 is 5.97 Å². The lowest BCUT2D eigenvalue weighted by Crippen LogP contribution is -2.29. The van der Waals surface area contributed by atoms with Gasteiger partial charge in [-0.1, -0.05) is 13.8 Å². The number of anilines is 1. The summed E-state index contributed by atoms with van der Waals surface area (Å²) in [7, 11) is 1.87. The molecule has 0 unspecified atom stereocenters. The third kappa shape index (κ3) is 3.11. The van der Waals surface area contributed by atoms with Crippen LogP contribution in [0.2, 0.25) is 0 Å². The highest BCUT2D eigenvalue weighted by molar-refractivity contribution is 5.85. The van der Waals surface area contributed by atoms with Crippen molar-refractivity contribution < 1.29 is 9.90 Å². The molecule has 0 spiro atoms. The van der Waals surface area contributed by atoms with E-state index in [1.165, 1.54) is 12.3 Å². The molecule has 7 nitrogen and oxygen atoms in total. The Kier molecular flexibility index (Phi) is 3.69. The van der Waals surface area contributed by atoms with E-state index in [1.54, 1.807) is 4.68 Å². The molecule has 0 amide bonds. The number of carboxylic acid groups (broad SMARTS) is 1. The van der Waals surface area contributed by atoms with Crippen LogP contribution in [0.15, 0.2) is 24.5 Å². The second-order valence-corrected chi connectivity index (χ2v) is 5.18. The average Bonchev–Trinajstić information content (AvgIpc) is 2.84. The number of carboxylic acids is 1. The van der Waals surface area contributed by atoms with E-state index in [0.29, 0.717) is 12.5 Å². The summed E-state index contributed by atoms with van der Waals surface area (Å²) in [6.07, 6.45) is 3.31. The molecule has 0 saturated heterocycles. The summed E-state index contributed by atoms with van der Waals surface area (Å²) in [5.74, 6) is -0.770. The van der Waals surface area contributed by atoms with Crippen molar-refractivity contribution in [1.82, 2.24) is 19.7 Å². The number of aromatic nitrogens is 4. The van der Waals surface area contributed by atoms with E-state index in [-0.39, 0.29) is 11.1 Å². The molecule has 2 aromatic heterocycles. The van der Waals surface area contributed by atoms with Crippen molar-refractivity contribution >= 4 is 11.9 Å². The van der Waals surface area contributed by atoms with Crippen LogP contribution in [0.4, 0.5) is 5.95 Å². The van der Waals surface area contributed by atoms with E-state index in [1.807, 2.05) is 33.2 Å². The Morgan fingerprint density at radius 2 is 2.20 bits per heavy atom. The highest BCUT2D eigenvalue weighted by Gasteiger charge is 2.23. The topological polar surface area (TPSA) is 92.9 Å². The largest absolute Gasteiger partial charge is 0.477 e. The van der Waals surface area contributed by atoms with Gasteiger partial charge in [0.2, 0.25) is 5.95 Å². The third-order valence-electron chi connectivity index (χ3n) is 2.97. The van der Waals surface area contributed by atoms with Crippen LogP contribution in [0.25, 0.3) is 0 Å². The maximum atomic E-state index is 10.8. The molecule has 20 heavy (non-hydrogen) atoms. The zero-order valence-corrected chi connectivity index (χ0v) is 11.7. The summed E-state index contributed by atoms with van der Waals surface area (Å²) in [5.41, 5.74) is 0.698. The molecule has 2 aromatic rings. The minimum absolute atomic E-state index is 0.0295. The van der Waals surface area contributed by atoms with Crippen molar-refractivity contribution in [3.8, 4) is 0 Å². The standard InChI is InChI=1S/C13H17N5O2/c1-13(2,10-5-7-18(3)17-10)8-15-12-14-6-4-9(16-12)11(19)20/h4-7H,8H2,1-3H3,(H,19,20)(H,14,15,16). The molecule has 0 saturated carbocycles. The van der Waals surface area contributed by atoms with Crippen LogP contribution in [0.1, 0.15) is 30.0 Å². The maximum Gasteiger partial charge on any atom is 0.354 e. The lowest BCUT2D eigenvalue weighted by Gasteiger charge is -2.22. The third-order valence-corrected chi connectivity index (χ3v) is 2.97. The first-order valence-electron chi connectivity index (χ1n) is 6.19. The van der Waals surface area contributed by atoms with Crippen LogP contribution in [0.5, 0.6) is 0 Å². The highest BCUT2D eigenvalue weighted by atomic mass is 16.4. The van der Waals surface area contributed by atoms with Gasteiger partial charge in [0.25, 0.3) is 0 Å². The number of nitrogens with zero attached hydrogens (tertiary/aromatic N) is 4. The maximum absolute atomic E-state index is 10.8. The quantitative estimate of drug-likeness (QED) is 0.854. The number of hydrogen-bond acceptors (Lipinski definition) is 5. The molecule has 106 valence electrons. The van der Waals surface area contributed by atoms with Gasteiger partial charge in [0, 0.05) is 31.4 Å². The molecule has 0 aliphatic rings. The van der Waals surface area contributed by atoms with Gasteiger partial charge < -0.3 is 10.4 Å². The van der Waals surface area contributed by atoms with E-state index in [2.05, 4.69) is 20.4 Å². The van der Waals surface area contributed by atoms with Crippen LogP contribution in [-0.4, -0.2) is 37.4 Å². The van der Waals surface area contributed by atoms with Crippen molar-refractivity contribution in [2.24, 2.45) is 7.05 Å². The Balaban J connectivity index is 2.08. The van der Waals surface area contributed by atoms with Gasteiger partial charge in [-0.05, 0) is 12.1 Å². The molecule has 0 aromatic carbocycles. The number of rotatable bonds is 5. The molecule has 2 rings (SSSR count). The Hall–Kier alpha value is -2.44. The fraction of sp³-hybridized carbons (Fsp3) is 0.385. The smallest absolute Gasteiger partial charge is 0.354 e. The Morgan fingerprint density at radius 1 is 1.45 bits per heavy atom. The predicted octanol–water partition coefficient (Wildman–Crippen LogP) is 1.30. The predicted molar refractivity (Wildman–Crippen MR) is 73.7 cm³/mol. The average molecular weight is 275 g/mol. The summed E-state index contributed by atoms with van der Waals surface area (Å²) < 4.78 is 1.75. The monoisotopic (exact) mass is 275 g/mol. The lowest BCUT2D eigenvalue weighted by atomic mass is 9.89. The highest BCUT2D eigenvalue weighted by Crippen LogP contribution is 2.21. The molecule has 2 N–H and O–H groups in total. The Bertz CT molecular complexity index is 621. The van der Waals surface area contributed by atoms with Crippen molar-refractivity contribution in [2.45, 2.75) is 19.3 Å². The first kappa shape index (κ1) is 14.0. The van der Waals surface area contributed by atoms with Gasteiger partial charge in [0.1, 0.15) is 0 Å². The van der Waals surface area contributed by atoms with Gasteiger partial charge in [-0.15, -0.1) is 0 Å². The molecule has 2 heterocycles. The van der Waals surface area contributed by atoms with Gasteiger partial charge in [-0.25, -0.2) is 14.8 Å². The molecule has 0 atom stereocenters. The summed E-state index contributed by atoms with van der Waals surface area (Å²) >= 11 is 0. The molecule has 0 fully saturated rings. The van der Waals surface area contributed by atoms with E-state index in [9.17, 15) is 4.79 Å². The number of aryl methyl sites for hydroxylation is 1. The second kappa shape index (κ2) is 5.28. The van der Waals surface area contributed by atoms with Crippen molar-refractivity contribution in [2.75, 3.05) is 11.9 Å². The van der Waals surface area contributed by atoms with Gasteiger partial charge in [-0.2, -0.15) is 5.10 Å². The molecular weight excluding hydrogens is 258 g/mol. The number of hydrogen-bond donors (Lipinski definition) is 2. The molecular formula is C13H17N5O2. The summed E-state index contributed by atoms with van der Waals surface area (Å²) in [6.45, 7) is 4.64. The second-order valence-electron chi connectivity index (χ2n) is 5.18. The van der Waals surface area contributed by atoms with Crippen molar-refractivity contribution in [3.05, 3.63) is 35.9 Å². The molecule has 0 bridgehead atoms. The lowest BCUT2D eigenvalue weighted by molar-refractivity contribution is 0.0690. The first-order chi connectivity index (χ1) is 9.38. The SMILES string of the molecule is Cn1ccc(C(C)(C)CNc2nccc(C(=O)O)n2)n1. The minimum Gasteiger partial charge on any atom is -0.477 e. The minimum atomic E-state index is -1.07. The first-order valence-corrected chi connectivity index (χ1v) is 6.19. The number of carbonyl (C=O) groups is 1. The summed E-state index contributed by atoms with van der Waals surface area (Å²) in [4.78, 5) is 18.8. The number of nitrogens with one attached hydrogen (secondary N) is 1. The van der Waals surface area contributed by atoms with E-state index in [4.69, 9.17) is 5.11 Å². The molecule has 0 radical (unpaired) electrons. The van der Waals surface area contributed by atoms with Gasteiger partial charge in [0.05, 0.1) is 5.69 Å². The van der Waals surface area contributed by atoms with E-state index in [0.717, 1.165) is 5.69 Å². The molecule has 7 heteroatoms. The zero-order valence-electron chi connectivity index (χ0n) is 11.7. The van der Waals surface area contributed by atoms with E-state index < -0.39 is 5.97 Å².